The van der Waals surface area contributed by atoms with Gasteiger partial charge in [0.15, 0.2) is 36.2 Å². The number of benzene rings is 5. The zero-order valence-corrected chi connectivity index (χ0v) is 61.1. The van der Waals surface area contributed by atoms with Crippen molar-refractivity contribution in [3.8, 4) is 57.1 Å². The third kappa shape index (κ3) is 17.3. The van der Waals surface area contributed by atoms with Crippen molar-refractivity contribution in [3.05, 3.63) is 118 Å². The number of halogens is 1. The van der Waals surface area contributed by atoms with Gasteiger partial charge in [-0.1, -0.05) is 49.7 Å². The molecule has 13 rings (SSSR count). The molecule has 110 heavy (non-hydrogen) atoms. The van der Waals surface area contributed by atoms with Crippen molar-refractivity contribution in [1.82, 2.24) is 37.2 Å². The highest BCUT2D eigenvalue weighted by molar-refractivity contribution is 6.32. The van der Waals surface area contributed by atoms with E-state index in [1.807, 2.05) is 13.8 Å². The molecule has 8 aliphatic rings. The molecular weight excluding hydrogens is 1470 g/mol. The standard InChI is InChI=1S/C73H89ClN10O26/c1-27(2)16-39(78-7)64(95)83-54-56(90)32-11-15-43(38(74)18-32)106-45-20-33-19-44(60(45)110-71-61(58(92)57(91)46(26-85)107-71)109-49-25-73(6,77)63(94)29(4)104-49)105-35-12-8-30(9-13-35)59(108-48-24-72(5,76)62(93)28(3)103-48)55-69(100)82-53(70(101)102)37-21-34(86)22-42(88)50(37)36-17-31(10-14-41(36)87)51(66(97)84-55)81-67(98)52(33)80-65(96)40(23-47(75)89)79-68(54)99/h8-15,17-22,27-29,39-40,46,48-49,51-59,61-63,71,78,85-88,90-94H,16,23-26,76-77H2,1-7H3,(H2,75,89)(H,79,99)(H,80,96)(H,81,98)(H,82,100)(H,83,95)(H,84,97)(H,101,102)/t28-,29-,39?,40?,46+,48+,49+,51?,52?,53?,54?,55?,56?,57+,58-,59?,61+,62+,63+,71+,72+,73+/m1/s1. The van der Waals surface area contributed by atoms with E-state index >= 15 is 19.2 Å². The monoisotopic (exact) mass is 1560 g/mol. The molecule has 23 N–H and O–H groups in total. The molecule has 8 aliphatic heterocycles. The van der Waals surface area contributed by atoms with Gasteiger partial charge in [0.25, 0.3) is 0 Å². The fraction of sp³-hybridized carbons (Fsp3) is 0.479. The maximum absolute atomic E-state index is 16.3. The Balaban J connectivity index is 1.18. The lowest BCUT2D eigenvalue weighted by Crippen LogP contribution is -2.64. The number of rotatable bonds is 15. The van der Waals surface area contributed by atoms with Crippen LogP contribution in [0.3, 0.4) is 0 Å². The predicted octanol–water partition coefficient (Wildman–Crippen LogP) is -0.310. The number of hydrogen-bond donors (Lipinski definition) is 20. The smallest absolute Gasteiger partial charge is 0.330 e. The highest BCUT2D eigenvalue weighted by atomic mass is 35.5. The number of aromatic hydroxyl groups is 3. The van der Waals surface area contributed by atoms with E-state index in [0.29, 0.717) is 0 Å². The Morgan fingerprint density at radius 3 is 1.87 bits per heavy atom. The summed E-state index contributed by atoms with van der Waals surface area (Å²) in [7, 11) is 1.48. The topological polar surface area (TPSA) is 575 Å². The van der Waals surface area contributed by atoms with Crippen molar-refractivity contribution < 1.29 is 127 Å². The van der Waals surface area contributed by atoms with Crippen LogP contribution in [0.15, 0.2) is 84.9 Å². The molecule has 3 saturated heterocycles. The van der Waals surface area contributed by atoms with Gasteiger partial charge in [0.05, 0.1) is 48.5 Å². The van der Waals surface area contributed by atoms with E-state index in [9.17, 15) is 70.2 Å². The van der Waals surface area contributed by atoms with Gasteiger partial charge in [-0.3, -0.25) is 33.6 Å². The van der Waals surface area contributed by atoms with E-state index in [0.717, 1.165) is 48.5 Å². The minimum absolute atomic E-state index is 0.0420. The van der Waals surface area contributed by atoms with Crippen molar-refractivity contribution >= 4 is 58.9 Å². The van der Waals surface area contributed by atoms with Gasteiger partial charge in [-0.2, -0.15) is 0 Å². The summed E-state index contributed by atoms with van der Waals surface area (Å²) in [5.41, 5.74) is 13.6. The first-order valence-electron chi connectivity index (χ1n) is 35.2. The summed E-state index contributed by atoms with van der Waals surface area (Å²) in [5, 5.41) is 132. The van der Waals surface area contributed by atoms with Crippen LogP contribution in [0.2, 0.25) is 5.02 Å². The molecule has 36 nitrogen and oxygen atoms in total. The third-order valence-electron chi connectivity index (χ3n) is 20.1. The van der Waals surface area contributed by atoms with E-state index in [-0.39, 0.29) is 58.4 Å². The first kappa shape index (κ1) is 81.4. The molecule has 0 aromatic heterocycles. The molecule has 8 heterocycles. The van der Waals surface area contributed by atoms with Crippen molar-refractivity contribution in [2.24, 2.45) is 23.1 Å². The van der Waals surface area contributed by atoms with E-state index in [4.69, 9.17) is 66.7 Å². The Morgan fingerprint density at radius 1 is 0.673 bits per heavy atom. The van der Waals surface area contributed by atoms with Gasteiger partial charge in [-0.15, -0.1) is 0 Å². The van der Waals surface area contributed by atoms with Crippen LogP contribution in [0.25, 0.3) is 11.1 Å². The van der Waals surface area contributed by atoms with Crippen LogP contribution in [-0.2, 0) is 62.0 Å². The number of phenolic OH excluding ortho intramolecular Hbond substituents is 3. The SMILES string of the molecule is CNC(CC(C)C)C(=O)NC1C(=O)NC(CC(N)=O)C(=O)NC2C(=O)NC3C(=O)NC(C(=O)NC(C(=O)O)c4cc(O)cc(O)c4-c4cc3ccc4O)C(O[C@H]3C[C@](C)(N)[C@@H](O)[C@@H](C)O3)c3ccc(cc3)Oc3cc2cc(c3O[C@@H]2O[C@@H](CO)[C@H](O)[C@@H](O)[C@@H]2O[C@H]2C[C@](C)(N)[C@@H](O)[C@@H](C)O2)Oc2ccc(cc2Cl)C1O. The van der Waals surface area contributed by atoms with Crippen LogP contribution in [0, 0.1) is 5.92 Å². The van der Waals surface area contributed by atoms with Crippen LogP contribution in [0.4, 0.5) is 0 Å². The quantitative estimate of drug-likeness (QED) is 0.0639. The molecule has 0 spiro atoms. The van der Waals surface area contributed by atoms with Gasteiger partial charge in [0.1, 0.15) is 89.5 Å². The number of phenols is 3. The number of nitrogens with one attached hydrogen (secondary N) is 7. The van der Waals surface area contributed by atoms with Crippen molar-refractivity contribution in [3.63, 3.8) is 0 Å². The summed E-state index contributed by atoms with van der Waals surface area (Å²) in [6, 6.07) is 1.51. The molecule has 22 atom stereocenters. The zero-order chi connectivity index (χ0) is 80.0. The summed E-state index contributed by atoms with van der Waals surface area (Å²) in [4.78, 5) is 120. The predicted molar refractivity (Wildman–Crippen MR) is 381 cm³/mol. The number of carbonyl (C=O) groups is 8. The highest BCUT2D eigenvalue weighted by Gasteiger charge is 2.52. The van der Waals surface area contributed by atoms with Gasteiger partial charge in [-0.05, 0) is 124 Å². The lowest BCUT2D eigenvalue weighted by atomic mass is 9.86. The lowest BCUT2D eigenvalue weighted by Gasteiger charge is -2.47. The van der Waals surface area contributed by atoms with Crippen molar-refractivity contribution in [2.75, 3.05) is 13.7 Å². The van der Waals surface area contributed by atoms with Crippen LogP contribution in [0.5, 0.6) is 46.0 Å². The molecule has 7 amide bonds. The molecule has 9 unspecified atom stereocenters. The molecule has 37 heteroatoms. The van der Waals surface area contributed by atoms with E-state index in [1.165, 1.54) is 71.1 Å². The number of aliphatic hydroxyl groups excluding tert-OH is 6. The maximum Gasteiger partial charge on any atom is 0.330 e. The number of aliphatic hydroxyl groups is 6. The minimum Gasteiger partial charge on any atom is -0.508 e. The second-order valence-electron chi connectivity index (χ2n) is 29.1. The normalized spacial score (nSPS) is 32.2. The molecule has 11 bridgehead atoms. The molecule has 3 fully saturated rings. The zero-order valence-electron chi connectivity index (χ0n) is 60.4. The molecule has 0 aliphatic carbocycles. The first-order valence-corrected chi connectivity index (χ1v) is 35.6. The Bertz CT molecular complexity index is 4350. The number of carbonyl (C=O) groups excluding carboxylic acids is 7. The van der Waals surface area contributed by atoms with Crippen LogP contribution < -0.4 is 68.6 Å². The molecule has 5 aromatic carbocycles. The number of ether oxygens (including phenoxy) is 8. The number of fused-ring (bicyclic) bond motifs is 15. The van der Waals surface area contributed by atoms with Crippen molar-refractivity contribution in [2.45, 2.75) is 201 Å². The van der Waals surface area contributed by atoms with Crippen LogP contribution in [-0.4, -0.2) is 215 Å². The Morgan fingerprint density at radius 2 is 1.27 bits per heavy atom. The Labute approximate surface area is 633 Å². The van der Waals surface area contributed by atoms with Crippen LogP contribution in [0.1, 0.15) is 125 Å². The summed E-state index contributed by atoms with van der Waals surface area (Å²) in [6.45, 7) is 8.66. The molecular formula is C73H89ClN10O26. The number of aliphatic carboxylic acids is 1. The molecule has 594 valence electrons. The fourth-order valence-electron chi connectivity index (χ4n) is 14.2. The number of primary amides is 1. The first-order chi connectivity index (χ1) is 51.8. The van der Waals surface area contributed by atoms with E-state index in [2.05, 4.69) is 37.2 Å². The molecule has 0 saturated carbocycles. The summed E-state index contributed by atoms with van der Waals surface area (Å²) in [5.74, 6) is -15.5. The summed E-state index contributed by atoms with van der Waals surface area (Å²) in [6.07, 6.45) is -22.4. The number of hydrogen-bond acceptors (Lipinski definition) is 28. The van der Waals surface area contributed by atoms with E-state index in [1.54, 1.807) is 0 Å². The van der Waals surface area contributed by atoms with Crippen LogP contribution >= 0.6 is 11.6 Å². The maximum atomic E-state index is 16.3. The molecule has 0 radical (unpaired) electrons. The fourth-order valence-corrected chi connectivity index (χ4v) is 14.4. The number of carboxylic acids is 1. The number of amides is 7. The number of likely N-dealkylation sites (N-methyl/N-ethyl adjacent to an activating group) is 1. The van der Waals surface area contributed by atoms with Gasteiger partial charge >= 0.3 is 5.97 Å². The highest BCUT2D eigenvalue weighted by Crippen LogP contribution is 2.50. The summed E-state index contributed by atoms with van der Waals surface area (Å²) < 4.78 is 51.7. The second kappa shape index (κ2) is 32.8. The van der Waals surface area contributed by atoms with E-state index < -0.39 is 250 Å². The van der Waals surface area contributed by atoms with Gasteiger partial charge in [0.2, 0.25) is 53.4 Å². The largest absolute Gasteiger partial charge is 0.508 e. The average Bonchev–Trinajstić information content (AvgIpc) is 0.765. The Kier molecular flexibility index (Phi) is 24.2. The lowest BCUT2D eigenvalue weighted by molar-refractivity contribution is -0.333. The van der Waals surface area contributed by atoms with Gasteiger partial charge in [0, 0.05) is 46.7 Å². The minimum atomic E-state index is -2.34. The second-order valence-corrected chi connectivity index (χ2v) is 29.5. The number of nitrogens with two attached hydrogens (primary N) is 3. The third-order valence-corrected chi connectivity index (χ3v) is 20.4. The average molecular weight is 1560 g/mol. The number of carboxylic acid groups (broad SMARTS) is 1. The molecule has 5 aromatic rings. The van der Waals surface area contributed by atoms with Crippen molar-refractivity contribution in [1.29, 1.82) is 0 Å². The van der Waals surface area contributed by atoms with Gasteiger partial charge in [-0.25, -0.2) is 4.79 Å². The van der Waals surface area contributed by atoms with Gasteiger partial charge < -0.3 is 143 Å². The Hall–Kier alpha value is -9.61. The summed E-state index contributed by atoms with van der Waals surface area (Å²) >= 11 is 7.13.